The van der Waals surface area contributed by atoms with Crippen molar-refractivity contribution in [2.24, 2.45) is 0 Å². The van der Waals surface area contributed by atoms with Crippen LogP contribution in [0.4, 0.5) is 5.82 Å². The first-order chi connectivity index (χ1) is 12.5. The maximum absolute atomic E-state index is 12.8. The summed E-state index contributed by atoms with van der Waals surface area (Å²) in [7, 11) is 1.62. The molecule has 7 nitrogen and oxygen atoms in total. The van der Waals surface area contributed by atoms with E-state index in [9.17, 15) is 9.59 Å². The van der Waals surface area contributed by atoms with Crippen LogP contribution in [0.15, 0.2) is 34.9 Å². The molecule has 0 radical (unpaired) electrons. The van der Waals surface area contributed by atoms with Gasteiger partial charge in [0.05, 0.1) is 7.11 Å². The lowest BCUT2D eigenvalue weighted by molar-refractivity contribution is -0.132. The summed E-state index contributed by atoms with van der Waals surface area (Å²) in [6, 6.07) is 7.53. The van der Waals surface area contributed by atoms with Crippen LogP contribution in [-0.2, 0) is 22.7 Å². The van der Waals surface area contributed by atoms with Crippen LogP contribution in [-0.4, -0.2) is 42.0 Å². The topological polar surface area (TPSA) is 72.0 Å². The Bertz CT molecular complexity index is 902. The van der Waals surface area contributed by atoms with E-state index in [0.29, 0.717) is 24.7 Å². The number of aromatic nitrogens is 1. The molecule has 0 aliphatic carbocycles. The summed E-state index contributed by atoms with van der Waals surface area (Å²) in [6.07, 6.45) is 1.58. The molecule has 2 aliphatic rings. The summed E-state index contributed by atoms with van der Waals surface area (Å²) in [5, 5.41) is 0. The van der Waals surface area contributed by atoms with Crippen molar-refractivity contribution in [1.29, 1.82) is 0 Å². The molecule has 0 bridgehead atoms. The zero-order valence-electron chi connectivity index (χ0n) is 14.1. The number of nitrogens with zero attached hydrogens (tertiary/aromatic N) is 3. The number of carbonyl (C=O) groups excluding carboxylic acids is 2. The van der Waals surface area contributed by atoms with Gasteiger partial charge in [-0.1, -0.05) is 6.07 Å². The van der Waals surface area contributed by atoms with Crippen molar-refractivity contribution >= 4 is 33.6 Å². The van der Waals surface area contributed by atoms with Crippen LogP contribution in [0.5, 0.6) is 11.5 Å². The van der Waals surface area contributed by atoms with E-state index >= 15 is 0 Å². The lowest BCUT2D eigenvalue weighted by Crippen LogP contribution is -2.45. The highest BCUT2D eigenvalue weighted by molar-refractivity contribution is 9.10. The van der Waals surface area contributed by atoms with Gasteiger partial charge in [0.25, 0.3) is 5.91 Å². The zero-order chi connectivity index (χ0) is 18.3. The third-order valence-electron chi connectivity index (χ3n) is 4.49. The SMILES string of the molecule is COc1ccc2c(c1)CN(C(=O)CN1C(=O)COc3cc(Br)cnc31)C2. The highest BCUT2D eigenvalue weighted by atomic mass is 79.9. The van der Waals surface area contributed by atoms with Crippen LogP contribution in [0.2, 0.25) is 0 Å². The van der Waals surface area contributed by atoms with Crippen LogP contribution < -0.4 is 14.4 Å². The lowest BCUT2D eigenvalue weighted by atomic mass is 10.1. The Hall–Kier alpha value is -2.61. The quantitative estimate of drug-likeness (QED) is 0.764. The number of anilines is 1. The van der Waals surface area contributed by atoms with Crippen molar-refractivity contribution in [3.63, 3.8) is 0 Å². The molecule has 2 aromatic rings. The molecule has 3 heterocycles. The number of hydrogen-bond acceptors (Lipinski definition) is 5. The van der Waals surface area contributed by atoms with E-state index in [2.05, 4.69) is 20.9 Å². The molecule has 0 atom stereocenters. The van der Waals surface area contributed by atoms with E-state index in [0.717, 1.165) is 21.3 Å². The third kappa shape index (κ3) is 3.01. The van der Waals surface area contributed by atoms with E-state index in [1.165, 1.54) is 4.90 Å². The third-order valence-corrected chi connectivity index (χ3v) is 4.92. The minimum atomic E-state index is -0.279. The number of rotatable bonds is 3. The average molecular weight is 418 g/mol. The second kappa shape index (κ2) is 6.60. The molecule has 0 N–H and O–H groups in total. The molecule has 0 unspecified atom stereocenters. The van der Waals surface area contributed by atoms with Gasteiger partial charge in [-0.05, 0) is 45.3 Å². The fourth-order valence-electron chi connectivity index (χ4n) is 3.13. The fraction of sp³-hybridized carbons (Fsp3) is 0.278. The normalized spacial score (nSPS) is 15.4. The van der Waals surface area contributed by atoms with E-state index in [4.69, 9.17) is 9.47 Å². The van der Waals surface area contributed by atoms with Crippen LogP contribution in [0.3, 0.4) is 0 Å². The van der Waals surface area contributed by atoms with E-state index in [1.54, 1.807) is 24.3 Å². The summed E-state index contributed by atoms with van der Waals surface area (Å²) in [4.78, 5) is 32.4. The Morgan fingerprint density at radius 2 is 2.12 bits per heavy atom. The Labute approximate surface area is 158 Å². The Balaban J connectivity index is 1.51. The van der Waals surface area contributed by atoms with Crippen LogP contribution >= 0.6 is 15.9 Å². The number of fused-ring (bicyclic) bond motifs is 2. The number of ether oxygens (including phenoxy) is 2. The molecule has 1 aromatic carbocycles. The van der Waals surface area contributed by atoms with Crippen molar-refractivity contribution in [3.8, 4) is 11.5 Å². The van der Waals surface area contributed by atoms with Gasteiger partial charge in [-0.2, -0.15) is 0 Å². The number of pyridine rings is 1. The number of halogens is 1. The second-order valence-corrected chi connectivity index (χ2v) is 7.04. The van der Waals surface area contributed by atoms with Gasteiger partial charge in [0.2, 0.25) is 5.91 Å². The van der Waals surface area contributed by atoms with Crippen LogP contribution in [0, 0.1) is 0 Å². The molecule has 2 aliphatic heterocycles. The molecular weight excluding hydrogens is 402 g/mol. The standard InChI is InChI=1S/C18H16BrN3O4/c1-25-14-3-2-11-7-21(8-12(11)4-14)16(23)9-22-17(24)10-26-15-5-13(19)6-20-18(15)22/h2-6H,7-10H2,1H3. The summed E-state index contributed by atoms with van der Waals surface area (Å²) in [5.74, 6) is 1.22. The highest BCUT2D eigenvalue weighted by Crippen LogP contribution is 2.32. The Morgan fingerprint density at radius 3 is 2.92 bits per heavy atom. The predicted octanol–water partition coefficient (Wildman–Crippen LogP) is 2.12. The smallest absolute Gasteiger partial charge is 0.266 e. The fourth-order valence-corrected chi connectivity index (χ4v) is 3.44. The maximum atomic E-state index is 12.8. The first-order valence-corrected chi connectivity index (χ1v) is 8.86. The number of methoxy groups -OCH3 is 1. The van der Waals surface area contributed by atoms with Gasteiger partial charge in [-0.3, -0.25) is 14.5 Å². The zero-order valence-corrected chi connectivity index (χ0v) is 15.7. The molecule has 0 fully saturated rings. The molecule has 8 heteroatoms. The minimum Gasteiger partial charge on any atom is -0.497 e. The highest BCUT2D eigenvalue weighted by Gasteiger charge is 2.32. The molecule has 26 heavy (non-hydrogen) atoms. The molecule has 2 amide bonds. The lowest BCUT2D eigenvalue weighted by Gasteiger charge is -2.29. The van der Waals surface area contributed by atoms with Gasteiger partial charge in [0.15, 0.2) is 18.2 Å². The molecule has 0 saturated heterocycles. The maximum Gasteiger partial charge on any atom is 0.266 e. The first kappa shape index (κ1) is 16.8. The van der Waals surface area contributed by atoms with Crippen molar-refractivity contribution in [2.75, 3.05) is 25.2 Å². The van der Waals surface area contributed by atoms with Crippen molar-refractivity contribution in [3.05, 3.63) is 46.1 Å². The second-order valence-electron chi connectivity index (χ2n) is 6.13. The van der Waals surface area contributed by atoms with Gasteiger partial charge >= 0.3 is 0 Å². The summed E-state index contributed by atoms with van der Waals surface area (Å²) in [5.41, 5.74) is 2.16. The molecule has 4 rings (SSSR count). The van der Waals surface area contributed by atoms with Gasteiger partial charge in [-0.15, -0.1) is 0 Å². The van der Waals surface area contributed by atoms with Crippen molar-refractivity contribution in [2.45, 2.75) is 13.1 Å². The average Bonchev–Trinajstić information content (AvgIpc) is 3.07. The van der Waals surface area contributed by atoms with Crippen LogP contribution in [0.1, 0.15) is 11.1 Å². The van der Waals surface area contributed by atoms with Gasteiger partial charge in [0.1, 0.15) is 12.3 Å². The molecule has 0 saturated carbocycles. The van der Waals surface area contributed by atoms with E-state index < -0.39 is 0 Å². The van der Waals surface area contributed by atoms with Crippen molar-refractivity contribution < 1.29 is 19.1 Å². The predicted molar refractivity (Wildman–Crippen MR) is 97.0 cm³/mol. The monoisotopic (exact) mass is 417 g/mol. The van der Waals surface area contributed by atoms with Gasteiger partial charge < -0.3 is 14.4 Å². The minimum absolute atomic E-state index is 0.0606. The molecule has 134 valence electrons. The van der Waals surface area contributed by atoms with Crippen molar-refractivity contribution in [1.82, 2.24) is 9.88 Å². The van der Waals surface area contributed by atoms with Crippen LogP contribution in [0.25, 0.3) is 0 Å². The van der Waals surface area contributed by atoms with Gasteiger partial charge in [-0.25, -0.2) is 4.98 Å². The number of hydrogen-bond donors (Lipinski definition) is 0. The van der Waals surface area contributed by atoms with Gasteiger partial charge in [0, 0.05) is 23.8 Å². The molecule has 1 aromatic heterocycles. The number of carbonyl (C=O) groups is 2. The molecular formula is C18H16BrN3O4. The summed E-state index contributed by atoms with van der Waals surface area (Å²) < 4.78 is 11.4. The largest absolute Gasteiger partial charge is 0.497 e. The Morgan fingerprint density at radius 1 is 1.31 bits per heavy atom. The molecule has 0 spiro atoms. The van der Waals surface area contributed by atoms with E-state index in [1.807, 2.05) is 18.2 Å². The first-order valence-electron chi connectivity index (χ1n) is 8.07. The number of amides is 2. The Kier molecular flexibility index (Phi) is 4.28. The summed E-state index contributed by atoms with van der Waals surface area (Å²) >= 11 is 3.33. The summed E-state index contributed by atoms with van der Waals surface area (Å²) in [6.45, 7) is 0.868. The number of benzene rings is 1. The van der Waals surface area contributed by atoms with E-state index in [-0.39, 0.29) is 25.0 Å².